The molecule has 22 heavy (non-hydrogen) atoms. The minimum atomic E-state index is -0.427. The van der Waals surface area contributed by atoms with Gasteiger partial charge in [0, 0.05) is 23.7 Å². The van der Waals surface area contributed by atoms with Gasteiger partial charge >= 0.3 is 0 Å². The molecule has 0 bridgehead atoms. The topological polar surface area (TPSA) is 84.3 Å². The molecule has 2 aliphatic rings. The summed E-state index contributed by atoms with van der Waals surface area (Å²) in [6.07, 6.45) is 5.56. The van der Waals surface area contributed by atoms with Crippen LogP contribution in [-0.4, -0.2) is 22.9 Å². The van der Waals surface area contributed by atoms with Crippen molar-refractivity contribution in [3.8, 4) is 0 Å². The van der Waals surface area contributed by atoms with Gasteiger partial charge in [0.15, 0.2) is 0 Å². The number of nitro groups is 1. The fourth-order valence-corrected chi connectivity index (χ4v) is 2.75. The van der Waals surface area contributed by atoms with Gasteiger partial charge in [0.05, 0.1) is 4.92 Å². The van der Waals surface area contributed by atoms with Crippen LogP contribution in [-0.2, 0) is 0 Å². The Hall–Kier alpha value is -2.11. The molecule has 2 saturated carbocycles. The first-order valence-corrected chi connectivity index (χ1v) is 7.90. The molecule has 1 atom stereocenters. The van der Waals surface area contributed by atoms with E-state index in [-0.39, 0.29) is 23.7 Å². The van der Waals surface area contributed by atoms with Crippen LogP contribution in [0.4, 0.5) is 11.4 Å². The quantitative estimate of drug-likeness (QED) is 0.625. The maximum atomic E-state index is 12.0. The molecule has 118 valence electrons. The summed E-state index contributed by atoms with van der Waals surface area (Å²) in [5.74, 6) is 0.349. The normalized spacial score (nSPS) is 19.1. The van der Waals surface area contributed by atoms with Gasteiger partial charge in [-0.25, -0.2) is 0 Å². The van der Waals surface area contributed by atoms with Crippen LogP contribution in [0.2, 0.25) is 0 Å². The Bertz CT molecular complexity index is 594. The van der Waals surface area contributed by atoms with E-state index >= 15 is 0 Å². The zero-order chi connectivity index (χ0) is 15.7. The predicted octanol–water partition coefficient (Wildman–Crippen LogP) is 3.09. The predicted molar refractivity (Wildman–Crippen MR) is 84.0 cm³/mol. The zero-order valence-corrected chi connectivity index (χ0v) is 12.7. The first-order valence-electron chi connectivity index (χ1n) is 7.90. The average molecular weight is 303 g/mol. The fraction of sp³-hybridized carbons (Fsp3) is 0.562. The third-order valence-corrected chi connectivity index (χ3v) is 4.61. The molecule has 6 heteroatoms. The third kappa shape index (κ3) is 3.21. The molecule has 0 saturated heterocycles. The maximum Gasteiger partial charge on any atom is 0.293 e. The van der Waals surface area contributed by atoms with Crippen LogP contribution in [0.1, 0.15) is 49.4 Å². The highest BCUT2D eigenvalue weighted by atomic mass is 16.6. The number of carbonyl (C=O) groups excluding carboxylic acids is 1. The Labute approximate surface area is 129 Å². The fourth-order valence-electron chi connectivity index (χ4n) is 2.75. The van der Waals surface area contributed by atoms with Crippen LogP contribution < -0.4 is 10.6 Å². The van der Waals surface area contributed by atoms with Gasteiger partial charge in [0.1, 0.15) is 5.69 Å². The molecule has 1 aromatic rings. The molecule has 0 radical (unpaired) electrons. The number of nitrogens with one attached hydrogen (secondary N) is 2. The SMILES string of the molecule is CC(Nc1ccc(C(=O)NC2CC2)cc1[N+](=O)[O-])C1CCC1. The number of hydrogen-bond donors (Lipinski definition) is 2. The summed E-state index contributed by atoms with van der Waals surface area (Å²) < 4.78 is 0. The molecule has 1 unspecified atom stereocenters. The lowest BCUT2D eigenvalue weighted by molar-refractivity contribution is -0.384. The van der Waals surface area contributed by atoms with Gasteiger partial charge in [-0.2, -0.15) is 0 Å². The smallest absolute Gasteiger partial charge is 0.293 e. The lowest BCUT2D eigenvalue weighted by Gasteiger charge is -2.32. The Balaban J connectivity index is 1.76. The van der Waals surface area contributed by atoms with E-state index in [2.05, 4.69) is 17.6 Å². The monoisotopic (exact) mass is 303 g/mol. The molecule has 2 fully saturated rings. The second-order valence-corrected chi connectivity index (χ2v) is 6.36. The first-order chi connectivity index (χ1) is 10.5. The van der Waals surface area contributed by atoms with Crippen LogP contribution in [0, 0.1) is 16.0 Å². The molecule has 0 aliphatic heterocycles. The standard InChI is InChI=1S/C16H21N3O3/c1-10(11-3-2-4-11)17-14-8-5-12(9-15(14)19(21)22)16(20)18-13-6-7-13/h5,8-11,13,17H,2-4,6-7H2,1H3,(H,18,20). The maximum absolute atomic E-state index is 12.0. The largest absolute Gasteiger partial charge is 0.377 e. The van der Waals surface area contributed by atoms with Gasteiger partial charge in [0.2, 0.25) is 0 Å². The van der Waals surface area contributed by atoms with Crippen molar-refractivity contribution in [1.29, 1.82) is 0 Å². The Morgan fingerprint density at radius 2 is 2.05 bits per heavy atom. The van der Waals surface area contributed by atoms with Crippen LogP contribution in [0.3, 0.4) is 0 Å². The van der Waals surface area contributed by atoms with E-state index < -0.39 is 4.92 Å². The summed E-state index contributed by atoms with van der Waals surface area (Å²) in [5.41, 5.74) is 0.808. The molecule has 3 rings (SSSR count). The van der Waals surface area contributed by atoms with E-state index in [0.29, 0.717) is 17.2 Å². The summed E-state index contributed by atoms with van der Waals surface area (Å²) >= 11 is 0. The van der Waals surface area contributed by atoms with Crippen molar-refractivity contribution >= 4 is 17.3 Å². The molecule has 6 nitrogen and oxygen atoms in total. The van der Waals surface area contributed by atoms with E-state index in [4.69, 9.17) is 0 Å². The number of nitrogens with zero attached hydrogens (tertiary/aromatic N) is 1. The number of nitro benzene ring substituents is 1. The van der Waals surface area contributed by atoms with Gasteiger partial charge < -0.3 is 10.6 Å². The van der Waals surface area contributed by atoms with E-state index in [1.54, 1.807) is 12.1 Å². The number of carbonyl (C=O) groups is 1. The Morgan fingerprint density at radius 3 is 2.59 bits per heavy atom. The number of rotatable bonds is 6. The van der Waals surface area contributed by atoms with Crippen molar-refractivity contribution in [1.82, 2.24) is 5.32 Å². The van der Waals surface area contributed by atoms with Crippen molar-refractivity contribution in [3.63, 3.8) is 0 Å². The van der Waals surface area contributed by atoms with E-state index in [1.165, 1.54) is 25.3 Å². The summed E-state index contributed by atoms with van der Waals surface area (Å²) in [7, 11) is 0. The second kappa shape index (κ2) is 5.94. The highest BCUT2D eigenvalue weighted by Crippen LogP contribution is 2.33. The van der Waals surface area contributed by atoms with Crippen LogP contribution in [0.15, 0.2) is 18.2 Å². The highest BCUT2D eigenvalue weighted by molar-refractivity contribution is 5.96. The van der Waals surface area contributed by atoms with Gasteiger partial charge in [-0.3, -0.25) is 14.9 Å². The van der Waals surface area contributed by atoms with E-state index in [9.17, 15) is 14.9 Å². The molecular weight excluding hydrogens is 282 g/mol. The van der Waals surface area contributed by atoms with Crippen molar-refractivity contribution in [3.05, 3.63) is 33.9 Å². The van der Waals surface area contributed by atoms with Gasteiger partial charge in [-0.05, 0) is 50.7 Å². The van der Waals surface area contributed by atoms with Gasteiger partial charge in [-0.1, -0.05) is 6.42 Å². The first kappa shape index (κ1) is 14.8. The van der Waals surface area contributed by atoms with E-state index in [1.807, 2.05) is 0 Å². The molecule has 0 spiro atoms. The Kier molecular flexibility index (Phi) is 4.00. The third-order valence-electron chi connectivity index (χ3n) is 4.61. The molecule has 2 N–H and O–H groups in total. The zero-order valence-electron chi connectivity index (χ0n) is 12.7. The van der Waals surface area contributed by atoms with E-state index in [0.717, 1.165) is 12.8 Å². The number of amides is 1. The van der Waals surface area contributed by atoms with Crippen LogP contribution in [0.5, 0.6) is 0 Å². The average Bonchev–Trinajstić information content (AvgIpc) is 3.20. The van der Waals surface area contributed by atoms with Crippen LogP contribution in [0.25, 0.3) is 0 Å². The minimum absolute atomic E-state index is 0.0328. The minimum Gasteiger partial charge on any atom is -0.377 e. The summed E-state index contributed by atoms with van der Waals surface area (Å²) in [6, 6.07) is 5.12. The lowest BCUT2D eigenvalue weighted by atomic mass is 9.80. The van der Waals surface area contributed by atoms with Gasteiger partial charge in [0.25, 0.3) is 11.6 Å². The molecule has 0 heterocycles. The Morgan fingerprint density at radius 1 is 1.32 bits per heavy atom. The number of hydrogen-bond acceptors (Lipinski definition) is 4. The number of anilines is 1. The molecule has 1 amide bonds. The van der Waals surface area contributed by atoms with Crippen molar-refractivity contribution in [2.75, 3.05) is 5.32 Å². The van der Waals surface area contributed by atoms with Crippen molar-refractivity contribution < 1.29 is 9.72 Å². The number of benzene rings is 1. The summed E-state index contributed by atoms with van der Waals surface area (Å²) in [5, 5.41) is 17.4. The molecule has 0 aromatic heterocycles. The molecule has 1 aromatic carbocycles. The highest BCUT2D eigenvalue weighted by Gasteiger charge is 2.27. The summed E-state index contributed by atoms with van der Waals surface area (Å²) in [4.78, 5) is 22.9. The molecular formula is C16H21N3O3. The van der Waals surface area contributed by atoms with Gasteiger partial charge in [-0.15, -0.1) is 0 Å². The summed E-state index contributed by atoms with van der Waals surface area (Å²) in [6.45, 7) is 2.06. The second-order valence-electron chi connectivity index (χ2n) is 6.36. The van der Waals surface area contributed by atoms with Crippen molar-refractivity contribution in [2.45, 2.75) is 51.1 Å². The van der Waals surface area contributed by atoms with Crippen molar-refractivity contribution in [2.24, 2.45) is 5.92 Å². The van der Waals surface area contributed by atoms with Crippen LogP contribution >= 0.6 is 0 Å². The lowest BCUT2D eigenvalue weighted by Crippen LogP contribution is -2.31. The molecule has 2 aliphatic carbocycles.